The lowest BCUT2D eigenvalue weighted by Gasteiger charge is -2.15. The highest BCUT2D eigenvalue weighted by Gasteiger charge is 2.19. The van der Waals surface area contributed by atoms with Gasteiger partial charge in [-0.3, -0.25) is 10.2 Å². The van der Waals surface area contributed by atoms with Gasteiger partial charge in [-0.1, -0.05) is 48.5 Å². The van der Waals surface area contributed by atoms with Crippen LogP contribution in [0.5, 0.6) is 5.75 Å². The van der Waals surface area contributed by atoms with Crippen LogP contribution in [0.1, 0.15) is 31.8 Å². The van der Waals surface area contributed by atoms with Crippen molar-refractivity contribution in [3.05, 3.63) is 119 Å². The van der Waals surface area contributed by atoms with Crippen LogP contribution in [0, 0.1) is 5.41 Å². The monoisotopic (exact) mass is 465 g/mol. The van der Waals surface area contributed by atoms with Crippen LogP contribution in [0.2, 0.25) is 0 Å². The number of carboxylic acid groups (broad SMARTS) is 1. The summed E-state index contributed by atoms with van der Waals surface area (Å²) in [5.41, 5.74) is 8.74. The van der Waals surface area contributed by atoms with Gasteiger partial charge in [-0.05, 0) is 59.7 Å². The Bertz CT molecular complexity index is 1380. The van der Waals surface area contributed by atoms with Gasteiger partial charge >= 0.3 is 5.97 Å². The van der Waals surface area contributed by atoms with E-state index in [0.29, 0.717) is 40.3 Å². The number of amides is 1. The Morgan fingerprint density at radius 1 is 0.829 bits per heavy atom. The predicted molar refractivity (Wildman–Crippen MR) is 135 cm³/mol. The van der Waals surface area contributed by atoms with Crippen LogP contribution in [-0.4, -0.2) is 22.8 Å². The molecule has 4 rings (SSSR count). The summed E-state index contributed by atoms with van der Waals surface area (Å²) in [6.07, 6.45) is 0. The van der Waals surface area contributed by atoms with Gasteiger partial charge in [-0.15, -0.1) is 0 Å². The summed E-state index contributed by atoms with van der Waals surface area (Å²) in [4.78, 5) is 25.1. The van der Waals surface area contributed by atoms with Gasteiger partial charge in [-0.25, -0.2) is 4.79 Å². The van der Waals surface area contributed by atoms with E-state index in [1.165, 1.54) is 6.07 Å². The highest BCUT2D eigenvalue weighted by molar-refractivity contribution is 6.10. The molecular formula is C28H23N3O4. The minimum absolute atomic E-state index is 0.0584. The fourth-order valence-electron chi connectivity index (χ4n) is 3.61. The van der Waals surface area contributed by atoms with Crippen molar-refractivity contribution in [1.82, 2.24) is 0 Å². The molecule has 1 amide bonds. The number of rotatable bonds is 8. The first-order chi connectivity index (χ1) is 16.9. The third-order valence-corrected chi connectivity index (χ3v) is 5.39. The van der Waals surface area contributed by atoms with Crippen LogP contribution in [-0.2, 0) is 6.61 Å². The summed E-state index contributed by atoms with van der Waals surface area (Å²) in [7, 11) is 0. The van der Waals surface area contributed by atoms with Crippen molar-refractivity contribution in [2.75, 3.05) is 5.32 Å². The molecule has 7 heteroatoms. The van der Waals surface area contributed by atoms with Crippen molar-refractivity contribution in [2.45, 2.75) is 6.61 Å². The predicted octanol–water partition coefficient (Wildman–Crippen LogP) is 5.17. The minimum Gasteiger partial charge on any atom is -0.489 e. The number of carboxylic acids is 1. The Labute approximate surface area is 202 Å². The molecule has 174 valence electrons. The van der Waals surface area contributed by atoms with Crippen LogP contribution in [0.4, 0.5) is 5.69 Å². The first-order valence-electron chi connectivity index (χ1n) is 10.8. The number of nitrogen functional groups attached to an aromatic ring is 1. The first-order valence-corrected chi connectivity index (χ1v) is 10.8. The second-order valence-electron chi connectivity index (χ2n) is 7.78. The van der Waals surface area contributed by atoms with Gasteiger partial charge in [0.15, 0.2) is 0 Å². The maximum absolute atomic E-state index is 13.1. The molecule has 0 aliphatic heterocycles. The zero-order chi connectivity index (χ0) is 24.8. The Morgan fingerprint density at radius 3 is 2.20 bits per heavy atom. The van der Waals surface area contributed by atoms with Crippen molar-refractivity contribution < 1.29 is 19.4 Å². The number of hydrogen-bond acceptors (Lipinski definition) is 4. The van der Waals surface area contributed by atoms with Crippen LogP contribution >= 0.6 is 0 Å². The quantitative estimate of drug-likeness (QED) is 0.211. The lowest BCUT2D eigenvalue weighted by atomic mass is 9.94. The number of carbonyl (C=O) groups is 2. The highest BCUT2D eigenvalue weighted by atomic mass is 16.5. The van der Waals surface area contributed by atoms with E-state index >= 15 is 0 Å². The molecule has 0 aliphatic rings. The molecule has 0 radical (unpaired) electrons. The molecule has 0 saturated carbocycles. The van der Waals surface area contributed by atoms with Gasteiger partial charge in [0, 0.05) is 22.4 Å². The highest BCUT2D eigenvalue weighted by Crippen LogP contribution is 2.32. The van der Waals surface area contributed by atoms with Crippen molar-refractivity contribution in [2.24, 2.45) is 5.73 Å². The Balaban J connectivity index is 1.65. The topological polar surface area (TPSA) is 126 Å². The standard InChI is InChI=1S/C28H23N3O4/c29-26(30)19-10-12-20(13-11-19)31-27(32)23-9-5-4-8-22(23)25-16-21(14-15-24(25)28(33)34)35-17-18-6-2-1-3-7-18/h1-16H,17H2,(H3,29,30)(H,31,32)(H,33,34). The molecule has 0 fully saturated rings. The normalized spacial score (nSPS) is 10.4. The second-order valence-corrected chi connectivity index (χ2v) is 7.78. The smallest absolute Gasteiger partial charge is 0.336 e. The minimum atomic E-state index is -1.11. The Morgan fingerprint density at radius 2 is 1.51 bits per heavy atom. The van der Waals surface area contributed by atoms with Crippen LogP contribution in [0.15, 0.2) is 97.1 Å². The number of anilines is 1. The van der Waals surface area contributed by atoms with Crippen molar-refractivity contribution in [3.63, 3.8) is 0 Å². The van der Waals surface area contributed by atoms with Crippen LogP contribution in [0.3, 0.4) is 0 Å². The number of aromatic carboxylic acids is 1. The lowest BCUT2D eigenvalue weighted by Crippen LogP contribution is -2.14. The summed E-state index contributed by atoms with van der Waals surface area (Å²) in [6, 6.07) is 27.7. The molecule has 35 heavy (non-hydrogen) atoms. The van der Waals surface area contributed by atoms with Gasteiger partial charge in [0.1, 0.15) is 18.2 Å². The van der Waals surface area contributed by atoms with Crippen LogP contribution in [0.25, 0.3) is 11.1 Å². The summed E-state index contributed by atoms with van der Waals surface area (Å²) >= 11 is 0. The zero-order valence-electron chi connectivity index (χ0n) is 18.7. The van der Waals surface area contributed by atoms with E-state index in [4.69, 9.17) is 15.9 Å². The maximum atomic E-state index is 13.1. The molecule has 0 aliphatic carbocycles. The molecule has 5 N–H and O–H groups in total. The molecule has 0 saturated heterocycles. The maximum Gasteiger partial charge on any atom is 0.336 e. The summed E-state index contributed by atoms with van der Waals surface area (Å²) in [5.74, 6) is -1.08. The van der Waals surface area contributed by atoms with E-state index in [1.54, 1.807) is 60.7 Å². The lowest BCUT2D eigenvalue weighted by molar-refractivity contribution is 0.0697. The van der Waals surface area contributed by atoms with E-state index in [0.717, 1.165) is 5.56 Å². The summed E-state index contributed by atoms with van der Waals surface area (Å²) in [6.45, 7) is 0.324. The van der Waals surface area contributed by atoms with Crippen molar-refractivity contribution in [1.29, 1.82) is 5.41 Å². The zero-order valence-corrected chi connectivity index (χ0v) is 18.7. The number of carbonyl (C=O) groups excluding carboxylic acids is 1. The number of benzene rings is 4. The molecular weight excluding hydrogens is 442 g/mol. The van der Waals surface area contributed by atoms with Gasteiger partial charge < -0.3 is 20.9 Å². The molecule has 4 aromatic rings. The number of nitrogens with one attached hydrogen (secondary N) is 2. The molecule has 0 atom stereocenters. The van der Waals surface area contributed by atoms with E-state index in [1.807, 2.05) is 30.3 Å². The third kappa shape index (κ3) is 5.54. The van der Waals surface area contributed by atoms with E-state index < -0.39 is 11.9 Å². The second kappa shape index (κ2) is 10.4. The molecule has 4 aromatic carbocycles. The summed E-state index contributed by atoms with van der Waals surface area (Å²) in [5, 5.41) is 20.1. The molecule has 0 heterocycles. The van der Waals surface area contributed by atoms with Gasteiger partial charge in [-0.2, -0.15) is 0 Å². The molecule has 0 bridgehead atoms. The number of hydrogen-bond donors (Lipinski definition) is 4. The van der Waals surface area contributed by atoms with E-state index in [9.17, 15) is 14.7 Å². The largest absolute Gasteiger partial charge is 0.489 e. The average Bonchev–Trinajstić information content (AvgIpc) is 2.88. The van der Waals surface area contributed by atoms with Crippen molar-refractivity contribution >= 4 is 23.4 Å². The number of nitrogens with two attached hydrogens (primary N) is 1. The summed E-state index contributed by atoms with van der Waals surface area (Å²) < 4.78 is 5.89. The van der Waals surface area contributed by atoms with Crippen LogP contribution < -0.4 is 15.8 Å². The fourth-order valence-corrected chi connectivity index (χ4v) is 3.61. The third-order valence-electron chi connectivity index (χ3n) is 5.39. The average molecular weight is 466 g/mol. The van der Waals surface area contributed by atoms with Gasteiger partial charge in [0.05, 0.1) is 5.56 Å². The number of ether oxygens (including phenoxy) is 1. The molecule has 0 aromatic heterocycles. The Kier molecular flexibility index (Phi) is 6.88. The molecule has 0 spiro atoms. The van der Waals surface area contributed by atoms with Gasteiger partial charge in [0.2, 0.25) is 0 Å². The molecule has 7 nitrogen and oxygen atoms in total. The fraction of sp³-hybridized carbons (Fsp3) is 0.0357. The van der Waals surface area contributed by atoms with E-state index in [-0.39, 0.29) is 11.4 Å². The van der Waals surface area contributed by atoms with E-state index in [2.05, 4.69) is 5.32 Å². The first kappa shape index (κ1) is 23.3. The SMILES string of the molecule is N=C(N)c1ccc(NC(=O)c2ccccc2-c2cc(OCc3ccccc3)ccc2C(=O)O)cc1. The number of amidine groups is 1. The Hall–Kier alpha value is -4.91. The van der Waals surface area contributed by atoms with Gasteiger partial charge in [0.25, 0.3) is 5.91 Å². The van der Waals surface area contributed by atoms with Crippen molar-refractivity contribution in [3.8, 4) is 16.9 Å². The molecule has 0 unspecified atom stereocenters.